The lowest BCUT2D eigenvalue weighted by molar-refractivity contribution is 0.0955. The van der Waals surface area contributed by atoms with Crippen LogP contribution in [0.3, 0.4) is 0 Å². The zero-order valence-corrected chi connectivity index (χ0v) is 14.4. The highest BCUT2D eigenvalue weighted by atomic mass is 35.5. The van der Waals surface area contributed by atoms with Crippen LogP contribution in [0.4, 0.5) is 0 Å². The van der Waals surface area contributed by atoms with E-state index in [0.29, 0.717) is 46.6 Å². The molecule has 2 aromatic carbocycles. The summed E-state index contributed by atoms with van der Waals surface area (Å²) in [5.74, 6) is 1.48. The number of carbonyl (C=O) groups excluding carboxylic acids is 1. The summed E-state index contributed by atoms with van der Waals surface area (Å²) in [5.41, 5.74) is 3.65. The third-order valence-electron chi connectivity index (χ3n) is 3.56. The molecule has 0 radical (unpaired) electrons. The first-order chi connectivity index (χ1) is 12.2. The number of hydrogen-bond acceptors (Lipinski definition) is 5. The van der Waals surface area contributed by atoms with Crippen molar-refractivity contribution in [2.45, 2.75) is 6.42 Å². The van der Waals surface area contributed by atoms with E-state index in [0.717, 1.165) is 6.42 Å². The molecule has 0 saturated heterocycles. The van der Waals surface area contributed by atoms with Gasteiger partial charge in [0.2, 0.25) is 0 Å². The van der Waals surface area contributed by atoms with Gasteiger partial charge in [0.1, 0.15) is 5.75 Å². The summed E-state index contributed by atoms with van der Waals surface area (Å²) in [6, 6.07) is 10.2. The molecule has 1 aliphatic rings. The zero-order valence-electron chi connectivity index (χ0n) is 13.6. The van der Waals surface area contributed by atoms with E-state index < -0.39 is 0 Å². The normalized spacial score (nSPS) is 13.4. The summed E-state index contributed by atoms with van der Waals surface area (Å²) in [7, 11) is 1.57. The summed E-state index contributed by atoms with van der Waals surface area (Å²) in [5, 5.41) is 4.41. The van der Waals surface area contributed by atoms with Gasteiger partial charge in [-0.25, -0.2) is 5.43 Å². The number of ether oxygens (including phenoxy) is 3. The first kappa shape index (κ1) is 17.1. The van der Waals surface area contributed by atoms with Crippen molar-refractivity contribution in [3.05, 3.63) is 52.5 Å². The monoisotopic (exact) mass is 360 g/mol. The number of halogens is 1. The lowest BCUT2D eigenvalue weighted by Gasteiger charge is -2.09. The van der Waals surface area contributed by atoms with Gasteiger partial charge in [-0.3, -0.25) is 4.79 Å². The Bertz CT molecular complexity index is 790. The number of benzene rings is 2. The van der Waals surface area contributed by atoms with Crippen molar-refractivity contribution in [2.75, 3.05) is 20.3 Å². The highest BCUT2D eigenvalue weighted by molar-refractivity contribution is 6.32. The van der Waals surface area contributed by atoms with Gasteiger partial charge < -0.3 is 14.2 Å². The molecule has 6 nitrogen and oxygen atoms in total. The Hall–Kier alpha value is -2.73. The van der Waals surface area contributed by atoms with Crippen molar-refractivity contribution >= 4 is 23.7 Å². The molecule has 3 rings (SSSR count). The molecule has 7 heteroatoms. The second-order valence-electron chi connectivity index (χ2n) is 5.31. The predicted octanol–water partition coefficient (Wildman–Crippen LogP) is 3.27. The summed E-state index contributed by atoms with van der Waals surface area (Å²) < 4.78 is 16.2. The highest BCUT2D eigenvalue weighted by Crippen LogP contribution is 2.37. The van der Waals surface area contributed by atoms with E-state index in [1.807, 2.05) is 0 Å². The van der Waals surface area contributed by atoms with Crippen molar-refractivity contribution in [3.63, 3.8) is 0 Å². The van der Waals surface area contributed by atoms with Crippen LogP contribution in [0.25, 0.3) is 0 Å². The second kappa shape index (κ2) is 7.90. The lowest BCUT2D eigenvalue weighted by atomic mass is 10.2. The van der Waals surface area contributed by atoms with Crippen LogP contribution in [0.2, 0.25) is 5.02 Å². The van der Waals surface area contributed by atoms with Crippen LogP contribution in [-0.4, -0.2) is 32.4 Å². The number of hydrogen-bond donors (Lipinski definition) is 1. The molecule has 1 heterocycles. The van der Waals surface area contributed by atoms with Crippen LogP contribution >= 0.6 is 11.6 Å². The fourth-order valence-corrected chi connectivity index (χ4v) is 2.57. The van der Waals surface area contributed by atoms with E-state index in [-0.39, 0.29) is 5.91 Å². The van der Waals surface area contributed by atoms with Crippen molar-refractivity contribution in [1.82, 2.24) is 5.43 Å². The van der Waals surface area contributed by atoms with Gasteiger partial charge in [0.25, 0.3) is 5.91 Å². The number of hydrazone groups is 1. The molecule has 0 atom stereocenters. The maximum Gasteiger partial charge on any atom is 0.271 e. The Morgan fingerprint density at radius 3 is 2.76 bits per heavy atom. The Morgan fingerprint density at radius 1 is 1.24 bits per heavy atom. The molecule has 0 saturated carbocycles. The molecule has 0 bridgehead atoms. The lowest BCUT2D eigenvalue weighted by Crippen LogP contribution is -2.17. The molecule has 1 aliphatic heterocycles. The SMILES string of the molecule is COc1ccc(C(=O)N/N=C\c2cc(Cl)c3c(c2)OCCCO3)cc1. The van der Waals surface area contributed by atoms with E-state index in [9.17, 15) is 4.79 Å². The Labute approximate surface area is 150 Å². The maximum absolute atomic E-state index is 12.0. The van der Waals surface area contributed by atoms with E-state index in [1.165, 1.54) is 6.21 Å². The number of nitrogens with one attached hydrogen (secondary N) is 1. The maximum atomic E-state index is 12.0. The summed E-state index contributed by atoms with van der Waals surface area (Å²) in [6.45, 7) is 1.14. The van der Waals surface area contributed by atoms with Crippen molar-refractivity contribution < 1.29 is 19.0 Å². The molecule has 1 N–H and O–H groups in total. The molecule has 25 heavy (non-hydrogen) atoms. The van der Waals surface area contributed by atoms with Gasteiger partial charge in [0.15, 0.2) is 11.5 Å². The molecule has 0 spiro atoms. The van der Waals surface area contributed by atoms with Crippen molar-refractivity contribution in [3.8, 4) is 17.2 Å². The first-order valence-corrected chi connectivity index (χ1v) is 8.12. The minimum Gasteiger partial charge on any atom is -0.497 e. The molecular weight excluding hydrogens is 344 g/mol. The number of nitrogens with zero attached hydrogens (tertiary/aromatic N) is 1. The van der Waals surface area contributed by atoms with Gasteiger partial charge in [0, 0.05) is 12.0 Å². The van der Waals surface area contributed by atoms with Crippen LogP contribution in [0.1, 0.15) is 22.3 Å². The van der Waals surface area contributed by atoms with E-state index >= 15 is 0 Å². The third kappa shape index (κ3) is 4.22. The molecular formula is C18H17ClN2O4. The summed E-state index contributed by atoms with van der Waals surface area (Å²) >= 11 is 6.22. The first-order valence-electron chi connectivity index (χ1n) is 7.74. The number of amides is 1. The standard InChI is InChI=1S/C18H17ClN2O4/c1-23-14-5-3-13(4-6-14)18(22)21-20-11-12-9-15(19)17-16(10-12)24-7-2-8-25-17/h3-6,9-11H,2,7-8H2,1H3,(H,21,22)/b20-11-. The fourth-order valence-electron chi connectivity index (χ4n) is 2.30. The van der Waals surface area contributed by atoms with Gasteiger partial charge in [-0.1, -0.05) is 11.6 Å². The van der Waals surface area contributed by atoms with Crippen LogP contribution in [0, 0.1) is 0 Å². The largest absolute Gasteiger partial charge is 0.497 e. The number of carbonyl (C=O) groups is 1. The van der Waals surface area contributed by atoms with Gasteiger partial charge in [-0.2, -0.15) is 5.10 Å². The predicted molar refractivity (Wildman–Crippen MR) is 95.1 cm³/mol. The smallest absolute Gasteiger partial charge is 0.271 e. The van der Waals surface area contributed by atoms with E-state index in [2.05, 4.69) is 10.5 Å². The van der Waals surface area contributed by atoms with Gasteiger partial charge >= 0.3 is 0 Å². The van der Waals surface area contributed by atoms with Crippen molar-refractivity contribution in [2.24, 2.45) is 5.10 Å². The van der Waals surface area contributed by atoms with Crippen molar-refractivity contribution in [1.29, 1.82) is 0 Å². The zero-order chi connectivity index (χ0) is 17.6. The minimum atomic E-state index is -0.320. The summed E-state index contributed by atoms with van der Waals surface area (Å²) in [6.07, 6.45) is 2.30. The molecule has 0 aliphatic carbocycles. The average Bonchev–Trinajstić information content (AvgIpc) is 2.87. The average molecular weight is 361 g/mol. The third-order valence-corrected chi connectivity index (χ3v) is 3.84. The molecule has 130 valence electrons. The molecule has 0 fully saturated rings. The second-order valence-corrected chi connectivity index (χ2v) is 5.72. The number of methoxy groups -OCH3 is 1. The highest BCUT2D eigenvalue weighted by Gasteiger charge is 2.15. The quantitative estimate of drug-likeness (QED) is 0.671. The van der Waals surface area contributed by atoms with Crippen LogP contribution in [0.5, 0.6) is 17.2 Å². The Balaban J connectivity index is 1.68. The van der Waals surface area contributed by atoms with Gasteiger partial charge in [-0.15, -0.1) is 0 Å². The Kier molecular flexibility index (Phi) is 5.40. The van der Waals surface area contributed by atoms with E-state index in [4.69, 9.17) is 25.8 Å². The summed E-state index contributed by atoms with van der Waals surface area (Å²) in [4.78, 5) is 12.0. The fraction of sp³-hybridized carbons (Fsp3) is 0.222. The van der Waals surface area contributed by atoms with Gasteiger partial charge in [0.05, 0.1) is 31.6 Å². The Morgan fingerprint density at radius 2 is 2.00 bits per heavy atom. The number of rotatable bonds is 4. The van der Waals surface area contributed by atoms with Gasteiger partial charge in [-0.05, 0) is 42.0 Å². The van der Waals surface area contributed by atoms with Crippen LogP contribution < -0.4 is 19.6 Å². The number of fused-ring (bicyclic) bond motifs is 1. The molecule has 1 amide bonds. The topological polar surface area (TPSA) is 69.2 Å². The van der Waals surface area contributed by atoms with Crippen LogP contribution in [0.15, 0.2) is 41.5 Å². The van der Waals surface area contributed by atoms with E-state index in [1.54, 1.807) is 43.5 Å². The molecule has 0 unspecified atom stereocenters. The molecule has 0 aromatic heterocycles. The minimum absolute atomic E-state index is 0.320. The van der Waals surface area contributed by atoms with Crippen LogP contribution in [-0.2, 0) is 0 Å². The molecule has 2 aromatic rings.